The van der Waals surface area contributed by atoms with Crippen LogP contribution in [0, 0.1) is 0 Å². The summed E-state index contributed by atoms with van der Waals surface area (Å²) in [5.74, 6) is 0.804. The first-order chi connectivity index (χ1) is 11.8. The van der Waals surface area contributed by atoms with Gasteiger partial charge in [0.15, 0.2) is 0 Å². The van der Waals surface area contributed by atoms with Crippen LogP contribution in [0.4, 0.5) is 10.5 Å². The highest BCUT2D eigenvalue weighted by Crippen LogP contribution is 2.22. The summed E-state index contributed by atoms with van der Waals surface area (Å²) in [4.78, 5) is 14.2. The van der Waals surface area contributed by atoms with Crippen LogP contribution in [-0.4, -0.2) is 56.6 Å². The molecule has 0 radical (unpaired) electrons. The second kappa shape index (κ2) is 10.5. The molecule has 1 amide bonds. The van der Waals surface area contributed by atoms with Crippen LogP contribution in [0.5, 0.6) is 5.75 Å². The van der Waals surface area contributed by atoms with E-state index in [1.807, 2.05) is 24.3 Å². The minimum Gasteiger partial charge on any atom is -0.492 e. The van der Waals surface area contributed by atoms with Crippen molar-refractivity contribution in [2.45, 2.75) is 31.8 Å². The molecule has 1 N–H and O–H groups in total. The Morgan fingerprint density at radius 3 is 2.52 bits per heavy atom. The Balaban J connectivity index is 0.00000225. The number of morpholine rings is 1. The van der Waals surface area contributed by atoms with Crippen LogP contribution in [0.15, 0.2) is 24.3 Å². The summed E-state index contributed by atoms with van der Waals surface area (Å²) in [7, 11) is 0. The van der Waals surface area contributed by atoms with Crippen LogP contribution >= 0.6 is 12.4 Å². The summed E-state index contributed by atoms with van der Waals surface area (Å²) in [6, 6.07) is 7.40. The highest BCUT2D eigenvalue weighted by Gasteiger charge is 2.19. The molecule has 0 aromatic heterocycles. The maximum absolute atomic E-state index is 11.8. The van der Waals surface area contributed by atoms with Gasteiger partial charge in [-0.25, -0.2) is 4.79 Å². The first-order valence-corrected chi connectivity index (χ1v) is 8.80. The molecule has 1 aliphatic carbocycles. The molecule has 0 atom stereocenters. The molecular weight excluding hydrogens is 344 g/mol. The van der Waals surface area contributed by atoms with E-state index in [0.717, 1.165) is 70.0 Å². The normalized spacial score (nSPS) is 18.4. The molecule has 0 spiro atoms. The Kier molecular flexibility index (Phi) is 8.31. The third-order valence-electron chi connectivity index (χ3n) is 4.46. The van der Waals surface area contributed by atoms with E-state index in [4.69, 9.17) is 14.2 Å². The van der Waals surface area contributed by atoms with Crippen molar-refractivity contribution in [3.63, 3.8) is 0 Å². The van der Waals surface area contributed by atoms with Gasteiger partial charge in [0.1, 0.15) is 18.5 Å². The fraction of sp³-hybridized carbons (Fsp3) is 0.611. The lowest BCUT2D eigenvalue weighted by atomic mass is 10.3. The number of amides is 1. The van der Waals surface area contributed by atoms with Crippen molar-refractivity contribution in [1.82, 2.24) is 4.90 Å². The SMILES string of the molecule is Cl.O=C(Nc1ccc(OCCN2CCOCC2)cc1)OC1CCCC1. The number of nitrogens with one attached hydrogen (secondary N) is 1. The lowest BCUT2D eigenvalue weighted by molar-refractivity contribution is 0.0322. The van der Waals surface area contributed by atoms with Gasteiger partial charge in [-0.05, 0) is 49.9 Å². The molecule has 1 aromatic rings. The molecule has 0 bridgehead atoms. The topological polar surface area (TPSA) is 60.0 Å². The molecule has 3 rings (SSSR count). The van der Waals surface area contributed by atoms with Gasteiger partial charge in [0.2, 0.25) is 0 Å². The average Bonchev–Trinajstić information content (AvgIpc) is 3.10. The van der Waals surface area contributed by atoms with Crippen LogP contribution < -0.4 is 10.1 Å². The summed E-state index contributed by atoms with van der Waals surface area (Å²) in [5.41, 5.74) is 0.721. The molecule has 140 valence electrons. The number of carbonyl (C=O) groups excluding carboxylic acids is 1. The second-order valence-electron chi connectivity index (χ2n) is 6.26. The maximum atomic E-state index is 11.8. The summed E-state index contributed by atoms with van der Waals surface area (Å²) in [5, 5.41) is 2.76. The van der Waals surface area contributed by atoms with E-state index in [-0.39, 0.29) is 24.6 Å². The summed E-state index contributed by atoms with van der Waals surface area (Å²) in [6.07, 6.45) is 3.95. The third kappa shape index (κ3) is 6.72. The zero-order valence-corrected chi connectivity index (χ0v) is 15.3. The Morgan fingerprint density at radius 1 is 1.16 bits per heavy atom. The Morgan fingerprint density at radius 2 is 1.84 bits per heavy atom. The van der Waals surface area contributed by atoms with Crippen molar-refractivity contribution in [3.05, 3.63) is 24.3 Å². The van der Waals surface area contributed by atoms with Gasteiger partial charge in [-0.2, -0.15) is 0 Å². The van der Waals surface area contributed by atoms with Gasteiger partial charge in [-0.15, -0.1) is 12.4 Å². The molecule has 7 heteroatoms. The Hall–Kier alpha value is -1.50. The maximum Gasteiger partial charge on any atom is 0.411 e. The molecule has 0 unspecified atom stereocenters. The molecule has 2 fully saturated rings. The van der Waals surface area contributed by atoms with Crippen molar-refractivity contribution in [2.75, 3.05) is 44.8 Å². The van der Waals surface area contributed by atoms with E-state index < -0.39 is 0 Å². The van der Waals surface area contributed by atoms with Gasteiger partial charge >= 0.3 is 6.09 Å². The molecule has 6 nitrogen and oxygen atoms in total. The molecule has 1 aromatic carbocycles. The van der Waals surface area contributed by atoms with Gasteiger partial charge in [0.05, 0.1) is 13.2 Å². The smallest absolute Gasteiger partial charge is 0.411 e. The van der Waals surface area contributed by atoms with Crippen LogP contribution in [0.3, 0.4) is 0 Å². The minimum atomic E-state index is -0.372. The lowest BCUT2D eigenvalue weighted by Gasteiger charge is -2.26. The third-order valence-corrected chi connectivity index (χ3v) is 4.46. The van der Waals surface area contributed by atoms with Crippen molar-refractivity contribution in [2.24, 2.45) is 0 Å². The molecule has 25 heavy (non-hydrogen) atoms. The Labute approximate surface area is 155 Å². The lowest BCUT2D eigenvalue weighted by Crippen LogP contribution is -2.38. The van der Waals surface area contributed by atoms with Crippen molar-refractivity contribution < 1.29 is 19.0 Å². The van der Waals surface area contributed by atoms with Crippen LogP contribution in [0.1, 0.15) is 25.7 Å². The average molecular weight is 371 g/mol. The van der Waals surface area contributed by atoms with Crippen molar-refractivity contribution in [3.8, 4) is 5.75 Å². The molecule has 1 aliphatic heterocycles. The highest BCUT2D eigenvalue weighted by atomic mass is 35.5. The molecule has 1 saturated carbocycles. The number of nitrogens with zero attached hydrogens (tertiary/aromatic N) is 1. The number of benzene rings is 1. The highest BCUT2D eigenvalue weighted by molar-refractivity contribution is 5.85. The predicted octanol–water partition coefficient (Wildman–Crippen LogP) is 3.31. The molecule has 1 saturated heterocycles. The van der Waals surface area contributed by atoms with E-state index in [9.17, 15) is 4.79 Å². The van der Waals surface area contributed by atoms with Gasteiger partial charge in [0, 0.05) is 25.3 Å². The van der Waals surface area contributed by atoms with Gasteiger partial charge in [-0.3, -0.25) is 10.2 Å². The van der Waals surface area contributed by atoms with Crippen LogP contribution in [0.25, 0.3) is 0 Å². The largest absolute Gasteiger partial charge is 0.492 e. The number of hydrogen-bond acceptors (Lipinski definition) is 5. The quantitative estimate of drug-likeness (QED) is 0.832. The monoisotopic (exact) mass is 370 g/mol. The summed E-state index contributed by atoms with van der Waals surface area (Å²) < 4.78 is 16.5. The van der Waals surface area contributed by atoms with Crippen molar-refractivity contribution >= 4 is 24.2 Å². The number of anilines is 1. The zero-order chi connectivity index (χ0) is 16.6. The standard InChI is InChI=1S/C18H26N2O4.ClH/c21-18(24-17-3-1-2-4-17)19-15-5-7-16(8-6-15)23-14-11-20-9-12-22-13-10-20;/h5-8,17H,1-4,9-14H2,(H,19,21);1H. The van der Waals surface area contributed by atoms with Crippen molar-refractivity contribution in [1.29, 1.82) is 0 Å². The van der Waals surface area contributed by atoms with Gasteiger partial charge in [-0.1, -0.05) is 0 Å². The van der Waals surface area contributed by atoms with E-state index in [2.05, 4.69) is 10.2 Å². The molecule has 2 aliphatic rings. The fourth-order valence-electron chi connectivity index (χ4n) is 3.06. The number of rotatable bonds is 6. The van der Waals surface area contributed by atoms with E-state index in [0.29, 0.717) is 6.61 Å². The van der Waals surface area contributed by atoms with E-state index in [1.165, 1.54) is 0 Å². The summed E-state index contributed by atoms with van der Waals surface area (Å²) in [6.45, 7) is 5.09. The zero-order valence-electron chi connectivity index (χ0n) is 14.4. The number of carbonyl (C=O) groups is 1. The number of halogens is 1. The fourth-order valence-corrected chi connectivity index (χ4v) is 3.06. The predicted molar refractivity (Wildman–Crippen MR) is 98.8 cm³/mol. The molecular formula is C18H27ClN2O4. The first-order valence-electron chi connectivity index (χ1n) is 8.80. The first kappa shape index (κ1) is 19.8. The van der Waals surface area contributed by atoms with Crippen LogP contribution in [0.2, 0.25) is 0 Å². The second-order valence-corrected chi connectivity index (χ2v) is 6.26. The van der Waals surface area contributed by atoms with Gasteiger partial charge in [0.25, 0.3) is 0 Å². The summed E-state index contributed by atoms with van der Waals surface area (Å²) >= 11 is 0. The van der Waals surface area contributed by atoms with Crippen LogP contribution in [-0.2, 0) is 9.47 Å². The van der Waals surface area contributed by atoms with Gasteiger partial charge < -0.3 is 14.2 Å². The Bertz CT molecular complexity index is 514. The number of ether oxygens (including phenoxy) is 3. The number of hydrogen-bond donors (Lipinski definition) is 1. The van der Waals surface area contributed by atoms with E-state index in [1.54, 1.807) is 0 Å². The van der Waals surface area contributed by atoms with E-state index >= 15 is 0 Å². The minimum absolute atomic E-state index is 0. The molecule has 1 heterocycles.